The van der Waals surface area contributed by atoms with Crippen molar-refractivity contribution >= 4 is 17.2 Å². The van der Waals surface area contributed by atoms with E-state index in [-0.39, 0.29) is 5.92 Å². The molecule has 25 heavy (non-hydrogen) atoms. The van der Waals surface area contributed by atoms with Crippen LogP contribution in [0.2, 0.25) is 0 Å². The zero-order chi connectivity index (χ0) is 17.3. The highest BCUT2D eigenvalue weighted by Gasteiger charge is 2.53. The van der Waals surface area contributed by atoms with Gasteiger partial charge in [-0.05, 0) is 49.4 Å². The topological polar surface area (TPSA) is 34.5 Å². The minimum Gasteiger partial charge on any atom is -0.497 e. The molecule has 5 unspecified atom stereocenters. The van der Waals surface area contributed by atoms with Crippen molar-refractivity contribution in [1.29, 1.82) is 0 Å². The lowest BCUT2D eigenvalue weighted by molar-refractivity contribution is -0.121. The van der Waals surface area contributed by atoms with Crippen molar-refractivity contribution in [3.8, 4) is 5.75 Å². The van der Waals surface area contributed by atoms with Crippen LogP contribution in [0.15, 0.2) is 29.8 Å². The van der Waals surface area contributed by atoms with E-state index >= 15 is 0 Å². The Morgan fingerprint density at radius 2 is 2.16 bits per heavy atom. The van der Waals surface area contributed by atoms with Crippen molar-refractivity contribution in [1.82, 2.24) is 9.47 Å². The number of aromatic nitrogens is 1. The number of carbonyl (C=O) groups is 1. The molecule has 4 nitrogen and oxygen atoms in total. The third-order valence-electron chi connectivity index (χ3n) is 6.87. The van der Waals surface area contributed by atoms with E-state index in [1.165, 1.54) is 34.0 Å². The molecule has 0 saturated carbocycles. The largest absolute Gasteiger partial charge is 0.497 e. The van der Waals surface area contributed by atoms with Gasteiger partial charge in [0.05, 0.1) is 13.2 Å². The van der Waals surface area contributed by atoms with E-state index in [9.17, 15) is 4.79 Å². The summed E-state index contributed by atoms with van der Waals surface area (Å²) >= 11 is 0. The van der Waals surface area contributed by atoms with Crippen LogP contribution in [0.3, 0.4) is 0 Å². The number of allylic oxidation sites excluding steroid dienone is 1. The number of rotatable bonds is 2. The molecule has 3 saturated heterocycles. The SMILES string of the molecule is CC=C1CN2C3CC1C(C=O)C2Cc1c3n(C)c2ccc(OC)cc12. The van der Waals surface area contributed by atoms with Gasteiger partial charge in [-0.2, -0.15) is 0 Å². The van der Waals surface area contributed by atoms with Gasteiger partial charge in [-0.25, -0.2) is 0 Å². The van der Waals surface area contributed by atoms with Crippen LogP contribution in [0.4, 0.5) is 0 Å². The van der Waals surface area contributed by atoms with E-state index in [1.807, 2.05) is 6.07 Å². The lowest BCUT2D eigenvalue weighted by atomic mass is 9.64. The van der Waals surface area contributed by atoms with Crippen LogP contribution in [-0.4, -0.2) is 35.4 Å². The van der Waals surface area contributed by atoms with Gasteiger partial charge in [0.15, 0.2) is 0 Å². The number of ether oxygens (including phenoxy) is 1. The monoisotopic (exact) mass is 336 g/mol. The summed E-state index contributed by atoms with van der Waals surface area (Å²) in [5.41, 5.74) is 5.60. The molecule has 2 aromatic rings. The smallest absolute Gasteiger partial charge is 0.125 e. The van der Waals surface area contributed by atoms with E-state index in [4.69, 9.17) is 4.74 Å². The van der Waals surface area contributed by atoms with E-state index in [0.29, 0.717) is 18.0 Å². The van der Waals surface area contributed by atoms with Gasteiger partial charge in [0.2, 0.25) is 0 Å². The fraction of sp³-hybridized carbons (Fsp3) is 0.476. The molecule has 0 radical (unpaired) electrons. The number of aldehydes is 1. The average molecular weight is 336 g/mol. The van der Waals surface area contributed by atoms with Crippen LogP contribution < -0.4 is 4.74 Å². The highest BCUT2D eigenvalue weighted by atomic mass is 16.5. The zero-order valence-electron chi connectivity index (χ0n) is 15.0. The van der Waals surface area contributed by atoms with Crippen molar-refractivity contribution < 1.29 is 9.53 Å². The highest BCUT2D eigenvalue weighted by Crippen LogP contribution is 2.54. The normalized spacial score (nSPS) is 34.4. The number of carbonyl (C=O) groups excluding carboxylic acids is 1. The molecule has 5 heterocycles. The number of aryl methyl sites for hydroxylation is 1. The van der Waals surface area contributed by atoms with Gasteiger partial charge in [-0.15, -0.1) is 0 Å². The summed E-state index contributed by atoms with van der Waals surface area (Å²) in [7, 11) is 3.90. The molecule has 6 rings (SSSR count). The van der Waals surface area contributed by atoms with Crippen LogP contribution >= 0.6 is 0 Å². The van der Waals surface area contributed by atoms with Crippen molar-refractivity contribution in [2.24, 2.45) is 18.9 Å². The second kappa shape index (κ2) is 5.21. The molecule has 5 atom stereocenters. The van der Waals surface area contributed by atoms with Gasteiger partial charge in [-0.3, -0.25) is 4.90 Å². The van der Waals surface area contributed by atoms with Gasteiger partial charge < -0.3 is 14.1 Å². The third-order valence-corrected chi connectivity index (χ3v) is 6.87. The number of hydrogen-bond acceptors (Lipinski definition) is 3. The predicted molar refractivity (Wildman–Crippen MR) is 97.8 cm³/mol. The van der Waals surface area contributed by atoms with Crippen molar-refractivity contribution in [2.45, 2.75) is 31.8 Å². The average Bonchev–Trinajstić information content (AvgIpc) is 2.93. The first kappa shape index (κ1) is 15.2. The summed E-state index contributed by atoms with van der Waals surface area (Å²) in [5, 5.41) is 1.29. The molecule has 0 spiro atoms. The minimum absolute atomic E-state index is 0.130. The Hall–Kier alpha value is -2.07. The molecular formula is C21H24N2O2. The molecule has 0 amide bonds. The molecule has 4 bridgehead atoms. The van der Waals surface area contributed by atoms with Crippen LogP contribution in [0.1, 0.15) is 30.6 Å². The Balaban J connectivity index is 1.72. The predicted octanol–water partition coefficient (Wildman–Crippen LogP) is 3.25. The Morgan fingerprint density at radius 3 is 2.88 bits per heavy atom. The first-order valence-corrected chi connectivity index (χ1v) is 9.19. The number of nitrogens with zero attached hydrogens (tertiary/aromatic N) is 2. The maximum Gasteiger partial charge on any atom is 0.125 e. The lowest BCUT2D eigenvalue weighted by Crippen LogP contribution is -2.60. The number of fused-ring (bicyclic) bond motifs is 4. The first-order chi connectivity index (χ1) is 12.2. The third kappa shape index (κ3) is 1.83. The fourth-order valence-corrected chi connectivity index (χ4v) is 5.72. The second-order valence-corrected chi connectivity index (χ2v) is 7.68. The fourth-order valence-electron chi connectivity index (χ4n) is 5.72. The molecular weight excluding hydrogens is 312 g/mol. The highest BCUT2D eigenvalue weighted by molar-refractivity contribution is 5.87. The zero-order valence-corrected chi connectivity index (χ0v) is 15.0. The Morgan fingerprint density at radius 1 is 1.32 bits per heavy atom. The first-order valence-electron chi connectivity index (χ1n) is 9.19. The molecule has 4 aliphatic rings. The maximum atomic E-state index is 11.9. The lowest BCUT2D eigenvalue weighted by Gasteiger charge is -2.57. The van der Waals surface area contributed by atoms with Crippen LogP contribution in [0, 0.1) is 11.8 Å². The molecule has 1 aromatic heterocycles. The van der Waals surface area contributed by atoms with Gasteiger partial charge in [0.1, 0.15) is 12.0 Å². The quantitative estimate of drug-likeness (QED) is 0.624. The summed E-state index contributed by atoms with van der Waals surface area (Å²) in [5.74, 6) is 1.45. The standard InChI is InChI=1S/C21H24N2O2/c1-4-12-10-23-19-9-16-15-7-13(25-3)5-6-18(15)22(2)21(16)20(23)8-14(12)17(19)11-24/h4-7,11,14,17,19-20H,8-10H2,1-3H3. The van der Waals surface area contributed by atoms with E-state index in [1.54, 1.807) is 7.11 Å². The molecule has 130 valence electrons. The second-order valence-electron chi connectivity index (χ2n) is 7.68. The molecule has 0 N–H and O–H groups in total. The Kier molecular flexibility index (Phi) is 3.17. The van der Waals surface area contributed by atoms with E-state index in [2.05, 4.69) is 41.6 Å². The number of hydrogen-bond donors (Lipinski definition) is 0. The van der Waals surface area contributed by atoms with Crippen molar-refractivity contribution in [3.05, 3.63) is 41.1 Å². The summed E-state index contributed by atoms with van der Waals surface area (Å²) in [4.78, 5) is 14.5. The Labute approximate surface area is 148 Å². The van der Waals surface area contributed by atoms with Crippen molar-refractivity contribution in [2.75, 3.05) is 13.7 Å². The molecule has 0 aliphatic carbocycles. The van der Waals surface area contributed by atoms with Crippen LogP contribution in [0.5, 0.6) is 5.75 Å². The van der Waals surface area contributed by atoms with Gasteiger partial charge in [0, 0.05) is 42.1 Å². The molecule has 3 fully saturated rings. The summed E-state index contributed by atoms with van der Waals surface area (Å²) in [6, 6.07) is 7.14. The number of methoxy groups -OCH3 is 1. The number of piperidine rings is 3. The van der Waals surface area contributed by atoms with Crippen LogP contribution in [-0.2, 0) is 18.3 Å². The summed E-state index contributed by atoms with van der Waals surface area (Å²) in [6.07, 6.45) is 5.48. The summed E-state index contributed by atoms with van der Waals surface area (Å²) < 4.78 is 7.83. The van der Waals surface area contributed by atoms with E-state index in [0.717, 1.165) is 25.1 Å². The van der Waals surface area contributed by atoms with Gasteiger partial charge in [0.25, 0.3) is 0 Å². The van der Waals surface area contributed by atoms with Gasteiger partial charge in [-0.1, -0.05) is 11.6 Å². The van der Waals surface area contributed by atoms with Crippen molar-refractivity contribution in [3.63, 3.8) is 0 Å². The summed E-state index contributed by atoms with van der Waals surface area (Å²) in [6.45, 7) is 3.13. The molecule has 4 heteroatoms. The number of benzene rings is 1. The molecule has 1 aromatic carbocycles. The minimum atomic E-state index is 0.130. The Bertz CT molecular complexity index is 910. The maximum absolute atomic E-state index is 11.9. The van der Waals surface area contributed by atoms with E-state index < -0.39 is 0 Å². The van der Waals surface area contributed by atoms with Crippen LogP contribution in [0.25, 0.3) is 10.9 Å². The molecule has 4 aliphatic heterocycles. The van der Waals surface area contributed by atoms with Gasteiger partial charge >= 0.3 is 0 Å².